The first kappa shape index (κ1) is 5.81. The molecule has 0 saturated carbocycles. The third kappa shape index (κ3) is 1.07. The van der Waals surface area contributed by atoms with Gasteiger partial charge in [-0.2, -0.15) is 5.10 Å². The van der Waals surface area contributed by atoms with Crippen LogP contribution in [0.1, 0.15) is 11.4 Å². The number of nitrogens with zero attached hydrogens (tertiary/aromatic N) is 2. The fourth-order valence-corrected chi connectivity index (χ4v) is 0.570. The summed E-state index contributed by atoms with van der Waals surface area (Å²) in [7, 11) is 0. The van der Waals surface area contributed by atoms with Gasteiger partial charge in [-0.25, -0.2) is 4.98 Å². The zero-order chi connectivity index (χ0) is 6.69. The Morgan fingerprint density at radius 3 is 3.11 bits per heavy atom. The molecule has 0 aliphatic carbocycles. The predicted octanol–water partition coefficient (Wildman–Crippen LogP) is 0.0107. The maximum absolute atomic E-state index is 4.90. The van der Waals surface area contributed by atoms with Crippen LogP contribution in [-0.4, -0.2) is 16.2 Å². The number of hydrazone groups is 1. The second-order valence-corrected chi connectivity index (χ2v) is 1.69. The number of rotatable bonds is 1. The zero-order valence-electron chi connectivity index (χ0n) is 5.13. The number of aryl methyl sites for hydroxylation is 1. The Labute approximate surface area is 52.8 Å². The Kier molecular flexibility index (Phi) is 1.48. The summed E-state index contributed by atoms with van der Waals surface area (Å²) in [4.78, 5) is 6.82. The second kappa shape index (κ2) is 2.30. The van der Waals surface area contributed by atoms with Crippen molar-refractivity contribution in [3.63, 3.8) is 0 Å². The zero-order valence-corrected chi connectivity index (χ0v) is 5.13. The molecule has 4 heteroatoms. The maximum Gasteiger partial charge on any atom is 0.104 e. The highest BCUT2D eigenvalue weighted by Gasteiger charge is 1.93. The number of hydrogen-bond donors (Lipinski definition) is 2. The number of hydrogen-bond acceptors (Lipinski definition) is 3. The van der Waals surface area contributed by atoms with Gasteiger partial charge in [0.15, 0.2) is 0 Å². The summed E-state index contributed by atoms with van der Waals surface area (Å²) in [5, 5.41) is 3.33. The molecule has 0 amide bonds. The topological polar surface area (TPSA) is 67.1 Å². The van der Waals surface area contributed by atoms with Crippen molar-refractivity contribution in [2.45, 2.75) is 6.92 Å². The van der Waals surface area contributed by atoms with Crippen molar-refractivity contribution in [3.05, 3.63) is 17.7 Å². The van der Waals surface area contributed by atoms with Gasteiger partial charge in [0.25, 0.3) is 0 Å². The summed E-state index contributed by atoms with van der Waals surface area (Å²) >= 11 is 0. The van der Waals surface area contributed by atoms with Gasteiger partial charge in [0.05, 0.1) is 12.5 Å². The number of H-pyrrole nitrogens is 1. The Morgan fingerprint density at radius 1 is 1.89 bits per heavy atom. The minimum Gasteiger partial charge on any atom is -0.348 e. The molecular formula is C5H8N4. The number of aromatic amines is 1. The Bertz CT molecular complexity index is 212. The molecule has 1 rings (SSSR count). The van der Waals surface area contributed by atoms with Crippen LogP contribution in [0.4, 0.5) is 0 Å². The van der Waals surface area contributed by atoms with E-state index in [0.717, 1.165) is 11.4 Å². The molecule has 0 radical (unpaired) electrons. The highest BCUT2D eigenvalue weighted by Crippen LogP contribution is 1.94. The third-order valence-corrected chi connectivity index (χ3v) is 1.07. The van der Waals surface area contributed by atoms with Crippen molar-refractivity contribution in [3.8, 4) is 0 Å². The molecule has 0 atom stereocenters. The van der Waals surface area contributed by atoms with Crippen LogP contribution in [0.15, 0.2) is 11.4 Å². The van der Waals surface area contributed by atoms with Gasteiger partial charge in [0, 0.05) is 5.69 Å². The molecule has 0 unspecified atom stereocenters. The van der Waals surface area contributed by atoms with E-state index in [-0.39, 0.29) is 0 Å². The molecule has 0 spiro atoms. The van der Waals surface area contributed by atoms with Crippen LogP contribution in [-0.2, 0) is 0 Å². The van der Waals surface area contributed by atoms with Crippen LogP contribution in [0.25, 0.3) is 0 Å². The molecule has 0 aromatic carbocycles. The lowest BCUT2D eigenvalue weighted by molar-refractivity contribution is 1.24. The van der Waals surface area contributed by atoms with Crippen LogP contribution < -0.4 is 5.84 Å². The quantitative estimate of drug-likeness (QED) is 0.314. The van der Waals surface area contributed by atoms with Gasteiger partial charge >= 0.3 is 0 Å². The highest BCUT2D eigenvalue weighted by atomic mass is 15.1. The summed E-state index contributed by atoms with van der Waals surface area (Å²) in [6.07, 6.45) is 3.11. The molecule has 0 aliphatic heterocycles. The lowest BCUT2D eigenvalue weighted by Gasteiger charge is -1.82. The molecule has 0 bridgehead atoms. The van der Waals surface area contributed by atoms with E-state index < -0.39 is 0 Å². The number of nitrogens with two attached hydrogens (primary N) is 1. The monoisotopic (exact) mass is 124 g/mol. The van der Waals surface area contributed by atoms with E-state index in [1.165, 1.54) is 6.21 Å². The highest BCUT2D eigenvalue weighted by molar-refractivity contribution is 5.77. The minimum atomic E-state index is 0.789. The Hall–Kier alpha value is -1.32. The van der Waals surface area contributed by atoms with Crippen molar-refractivity contribution >= 4 is 6.21 Å². The average Bonchev–Trinajstić information content (AvgIpc) is 2.18. The van der Waals surface area contributed by atoms with Crippen LogP contribution in [0.3, 0.4) is 0 Å². The van der Waals surface area contributed by atoms with Crippen LogP contribution in [0.2, 0.25) is 0 Å². The number of nitrogens with one attached hydrogen (secondary N) is 1. The average molecular weight is 124 g/mol. The van der Waals surface area contributed by atoms with Gasteiger partial charge < -0.3 is 10.8 Å². The fourth-order valence-electron chi connectivity index (χ4n) is 0.570. The smallest absolute Gasteiger partial charge is 0.104 e. The lowest BCUT2D eigenvalue weighted by atomic mass is 10.4. The van der Waals surface area contributed by atoms with Gasteiger partial charge in [-0.05, 0) is 6.92 Å². The molecule has 1 aromatic rings. The largest absolute Gasteiger partial charge is 0.348 e. The van der Waals surface area contributed by atoms with E-state index in [4.69, 9.17) is 5.84 Å². The minimum absolute atomic E-state index is 0.789. The predicted molar refractivity (Wildman–Crippen MR) is 35.1 cm³/mol. The van der Waals surface area contributed by atoms with E-state index in [9.17, 15) is 0 Å². The van der Waals surface area contributed by atoms with Crippen molar-refractivity contribution in [1.29, 1.82) is 0 Å². The van der Waals surface area contributed by atoms with E-state index in [1.54, 1.807) is 6.33 Å². The molecule has 0 fully saturated rings. The molecular weight excluding hydrogens is 116 g/mol. The molecule has 1 aromatic heterocycles. The summed E-state index contributed by atoms with van der Waals surface area (Å²) in [6.45, 7) is 1.91. The van der Waals surface area contributed by atoms with Gasteiger partial charge in [-0.15, -0.1) is 0 Å². The van der Waals surface area contributed by atoms with Crippen LogP contribution in [0.5, 0.6) is 0 Å². The third-order valence-electron chi connectivity index (χ3n) is 1.07. The van der Waals surface area contributed by atoms with Crippen molar-refractivity contribution in [2.75, 3.05) is 0 Å². The Morgan fingerprint density at radius 2 is 2.67 bits per heavy atom. The first-order valence-electron chi connectivity index (χ1n) is 2.58. The molecule has 4 nitrogen and oxygen atoms in total. The maximum atomic E-state index is 4.90. The van der Waals surface area contributed by atoms with E-state index in [2.05, 4.69) is 15.1 Å². The molecule has 1 heterocycles. The molecule has 3 N–H and O–H groups in total. The first-order valence-corrected chi connectivity index (χ1v) is 2.58. The Balaban J connectivity index is 2.94. The number of aromatic nitrogens is 2. The van der Waals surface area contributed by atoms with Gasteiger partial charge in [-0.3, -0.25) is 0 Å². The molecule has 0 aliphatic rings. The molecule has 9 heavy (non-hydrogen) atoms. The van der Waals surface area contributed by atoms with Gasteiger partial charge in [0.2, 0.25) is 0 Å². The van der Waals surface area contributed by atoms with Crippen molar-refractivity contribution < 1.29 is 0 Å². The normalized spacial score (nSPS) is 10.8. The first-order chi connectivity index (χ1) is 4.34. The molecule has 48 valence electrons. The fraction of sp³-hybridized carbons (Fsp3) is 0.200. The second-order valence-electron chi connectivity index (χ2n) is 1.69. The number of imidazole rings is 1. The van der Waals surface area contributed by atoms with E-state index in [1.807, 2.05) is 6.92 Å². The standard InChI is InChI=1S/C5H8N4/c1-4-5(2-9-6)8-3-7-4/h2-3H,6H2,1H3,(H,7,8). The van der Waals surface area contributed by atoms with E-state index in [0.29, 0.717) is 0 Å². The summed E-state index contributed by atoms with van der Waals surface area (Å²) in [5.41, 5.74) is 1.77. The van der Waals surface area contributed by atoms with Crippen molar-refractivity contribution in [1.82, 2.24) is 9.97 Å². The molecule has 0 saturated heterocycles. The van der Waals surface area contributed by atoms with Gasteiger partial charge in [-0.1, -0.05) is 0 Å². The summed E-state index contributed by atoms with van der Waals surface area (Å²) in [5.74, 6) is 4.90. The van der Waals surface area contributed by atoms with Gasteiger partial charge in [0.1, 0.15) is 5.69 Å². The van der Waals surface area contributed by atoms with Crippen molar-refractivity contribution in [2.24, 2.45) is 10.9 Å². The van der Waals surface area contributed by atoms with E-state index >= 15 is 0 Å². The van der Waals surface area contributed by atoms with Crippen LogP contribution in [0, 0.1) is 6.92 Å². The summed E-state index contributed by atoms with van der Waals surface area (Å²) < 4.78 is 0. The van der Waals surface area contributed by atoms with Crippen LogP contribution >= 0.6 is 0 Å². The lowest BCUT2D eigenvalue weighted by Crippen LogP contribution is -1.88. The SMILES string of the molecule is Cc1[nH]cnc1C=NN. The summed E-state index contributed by atoms with van der Waals surface area (Å²) in [6, 6.07) is 0.